The Morgan fingerprint density at radius 1 is 1.35 bits per heavy atom. The first kappa shape index (κ1) is 14.9. The lowest BCUT2D eigenvalue weighted by Gasteiger charge is -2.29. The van der Waals surface area contributed by atoms with Crippen LogP contribution in [0.25, 0.3) is 0 Å². The molecule has 1 aromatic carbocycles. The summed E-state index contributed by atoms with van der Waals surface area (Å²) in [6.07, 6.45) is 4.30. The molecule has 20 heavy (non-hydrogen) atoms. The highest BCUT2D eigenvalue weighted by Gasteiger charge is 2.15. The van der Waals surface area contributed by atoms with E-state index in [1.807, 2.05) is 24.3 Å². The van der Waals surface area contributed by atoms with Crippen molar-refractivity contribution in [1.29, 1.82) is 0 Å². The van der Waals surface area contributed by atoms with E-state index in [9.17, 15) is 4.79 Å². The molecule has 1 saturated heterocycles. The van der Waals surface area contributed by atoms with Crippen LogP contribution in [-0.2, 0) is 11.2 Å². The van der Waals surface area contributed by atoms with Gasteiger partial charge in [-0.15, -0.1) is 0 Å². The van der Waals surface area contributed by atoms with E-state index in [0.29, 0.717) is 12.1 Å². The fourth-order valence-corrected chi connectivity index (χ4v) is 2.79. The molecule has 3 N–H and O–H groups in total. The fraction of sp³-hybridized carbons (Fsp3) is 0.562. The summed E-state index contributed by atoms with van der Waals surface area (Å²) >= 11 is 0. The smallest absolute Gasteiger partial charge is 0.224 e. The Morgan fingerprint density at radius 2 is 2.10 bits per heavy atom. The number of rotatable bonds is 5. The van der Waals surface area contributed by atoms with Gasteiger partial charge in [0.15, 0.2) is 0 Å². The topological polar surface area (TPSA) is 58.4 Å². The average molecular weight is 275 g/mol. The zero-order chi connectivity index (χ0) is 14.4. The maximum atomic E-state index is 12.0. The Balaban J connectivity index is 1.75. The minimum absolute atomic E-state index is 0.0695. The first-order chi connectivity index (χ1) is 9.63. The molecule has 1 heterocycles. The number of anilines is 1. The Kier molecular flexibility index (Phi) is 5.41. The number of hydrogen-bond donors (Lipinski definition) is 2. The molecule has 0 saturated carbocycles. The van der Waals surface area contributed by atoms with Crippen molar-refractivity contribution in [3.8, 4) is 0 Å². The molecule has 0 aromatic heterocycles. The average Bonchev–Trinajstić information content (AvgIpc) is 2.39. The summed E-state index contributed by atoms with van der Waals surface area (Å²) in [6.45, 7) is 5.35. The summed E-state index contributed by atoms with van der Waals surface area (Å²) in [7, 11) is 0. The first-order valence-corrected chi connectivity index (χ1v) is 7.49. The Hall–Kier alpha value is -1.55. The molecule has 2 rings (SSSR count). The molecule has 1 aliphatic heterocycles. The number of carbonyl (C=O) groups is 1. The van der Waals surface area contributed by atoms with Gasteiger partial charge < -0.3 is 16.0 Å². The molecule has 0 spiro atoms. The fourth-order valence-electron chi connectivity index (χ4n) is 2.79. The highest BCUT2D eigenvalue weighted by Crippen LogP contribution is 2.09. The third kappa shape index (κ3) is 4.85. The molecule has 4 nitrogen and oxygen atoms in total. The monoisotopic (exact) mass is 275 g/mol. The number of nitrogen functional groups attached to an aromatic ring is 1. The zero-order valence-corrected chi connectivity index (χ0v) is 12.3. The Morgan fingerprint density at radius 3 is 2.80 bits per heavy atom. The van der Waals surface area contributed by atoms with Gasteiger partial charge in [-0.3, -0.25) is 4.79 Å². The zero-order valence-electron chi connectivity index (χ0n) is 12.3. The van der Waals surface area contributed by atoms with Gasteiger partial charge in [0.2, 0.25) is 5.91 Å². The minimum Gasteiger partial charge on any atom is -0.399 e. The molecule has 1 amide bonds. The van der Waals surface area contributed by atoms with Gasteiger partial charge in [-0.05, 0) is 50.6 Å². The van der Waals surface area contributed by atoms with Gasteiger partial charge >= 0.3 is 0 Å². The van der Waals surface area contributed by atoms with Crippen molar-refractivity contribution in [3.05, 3.63) is 29.8 Å². The molecule has 1 aromatic rings. The van der Waals surface area contributed by atoms with Gasteiger partial charge in [-0.1, -0.05) is 18.6 Å². The second-order valence-corrected chi connectivity index (χ2v) is 5.75. The van der Waals surface area contributed by atoms with Gasteiger partial charge in [-0.25, -0.2) is 0 Å². The van der Waals surface area contributed by atoms with Crippen LogP contribution in [0.4, 0.5) is 5.69 Å². The van der Waals surface area contributed by atoms with Crippen molar-refractivity contribution in [2.75, 3.05) is 25.4 Å². The van der Waals surface area contributed by atoms with E-state index < -0.39 is 0 Å². The van der Waals surface area contributed by atoms with E-state index in [-0.39, 0.29) is 11.9 Å². The number of nitrogens with two attached hydrogens (primary N) is 1. The molecule has 0 aliphatic carbocycles. The third-order valence-corrected chi connectivity index (χ3v) is 3.70. The van der Waals surface area contributed by atoms with Crippen LogP contribution >= 0.6 is 0 Å². The van der Waals surface area contributed by atoms with Gasteiger partial charge in [0.25, 0.3) is 0 Å². The lowest BCUT2D eigenvalue weighted by Crippen LogP contribution is -2.44. The molecule has 1 unspecified atom stereocenters. The third-order valence-electron chi connectivity index (χ3n) is 3.70. The van der Waals surface area contributed by atoms with Crippen LogP contribution in [0.15, 0.2) is 24.3 Å². The van der Waals surface area contributed by atoms with Crippen molar-refractivity contribution in [2.24, 2.45) is 0 Å². The summed E-state index contributed by atoms with van der Waals surface area (Å²) in [5.74, 6) is 0.0695. The van der Waals surface area contributed by atoms with E-state index in [1.165, 1.54) is 19.3 Å². The highest BCUT2D eigenvalue weighted by atomic mass is 16.1. The predicted molar refractivity (Wildman–Crippen MR) is 82.5 cm³/mol. The van der Waals surface area contributed by atoms with Crippen LogP contribution in [0.1, 0.15) is 31.7 Å². The lowest BCUT2D eigenvalue weighted by atomic mass is 10.1. The van der Waals surface area contributed by atoms with E-state index in [1.54, 1.807) is 0 Å². The van der Waals surface area contributed by atoms with Gasteiger partial charge in [0.1, 0.15) is 0 Å². The summed E-state index contributed by atoms with van der Waals surface area (Å²) < 4.78 is 0. The second-order valence-electron chi connectivity index (χ2n) is 5.75. The summed E-state index contributed by atoms with van der Waals surface area (Å²) in [5, 5.41) is 3.07. The predicted octanol–water partition coefficient (Wildman–Crippen LogP) is 1.80. The molecular weight excluding hydrogens is 250 g/mol. The Bertz CT molecular complexity index is 441. The van der Waals surface area contributed by atoms with E-state index in [2.05, 4.69) is 17.1 Å². The maximum absolute atomic E-state index is 12.0. The van der Waals surface area contributed by atoms with Gasteiger partial charge in [-0.2, -0.15) is 0 Å². The summed E-state index contributed by atoms with van der Waals surface area (Å²) in [4.78, 5) is 14.4. The molecule has 1 fully saturated rings. The van der Waals surface area contributed by atoms with Crippen molar-refractivity contribution in [1.82, 2.24) is 10.2 Å². The minimum atomic E-state index is 0.0695. The lowest BCUT2D eigenvalue weighted by molar-refractivity contribution is -0.121. The van der Waals surface area contributed by atoms with E-state index >= 15 is 0 Å². The van der Waals surface area contributed by atoms with Crippen molar-refractivity contribution >= 4 is 11.6 Å². The van der Waals surface area contributed by atoms with Crippen molar-refractivity contribution < 1.29 is 4.79 Å². The summed E-state index contributed by atoms with van der Waals surface area (Å²) in [6, 6.07) is 7.71. The largest absolute Gasteiger partial charge is 0.399 e. The molecule has 0 bridgehead atoms. The number of nitrogens with one attached hydrogen (secondary N) is 1. The number of piperidine rings is 1. The van der Waals surface area contributed by atoms with E-state index in [4.69, 9.17) is 5.73 Å². The number of hydrogen-bond acceptors (Lipinski definition) is 3. The molecule has 1 aliphatic rings. The molecule has 110 valence electrons. The SMILES string of the molecule is CC(CN1CCCCC1)NC(=O)Cc1cccc(N)c1. The maximum Gasteiger partial charge on any atom is 0.224 e. The van der Waals surface area contributed by atoms with Crippen LogP contribution in [0.3, 0.4) is 0 Å². The number of amides is 1. The standard InChI is InChI=1S/C16H25N3O/c1-13(12-19-8-3-2-4-9-19)18-16(20)11-14-6-5-7-15(17)10-14/h5-7,10,13H,2-4,8-9,11-12,17H2,1H3,(H,18,20). The number of likely N-dealkylation sites (tertiary alicyclic amines) is 1. The molecule has 4 heteroatoms. The number of carbonyl (C=O) groups excluding carboxylic acids is 1. The van der Waals surface area contributed by atoms with Crippen molar-refractivity contribution in [3.63, 3.8) is 0 Å². The summed E-state index contributed by atoms with van der Waals surface area (Å²) in [5.41, 5.74) is 7.39. The molecular formula is C16H25N3O. The van der Waals surface area contributed by atoms with Crippen LogP contribution in [0.2, 0.25) is 0 Å². The second kappa shape index (κ2) is 7.29. The Labute approximate surface area is 121 Å². The molecule has 1 atom stereocenters. The molecule has 0 radical (unpaired) electrons. The van der Waals surface area contributed by atoms with E-state index in [0.717, 1.165) is 25.2 Å². The first-order valence-electron chi connectivity index (χ1n) is 7.49. The van der Waals surface area contributed by atoms with Crippen molar-refractivity contribution in [2.45, 2.75) is 38.6 Å². The van der Waals surface area contributed by atoms with Gasteiger partial charge in [0.05, 0.1) is 6.42 Å². The van der Waals surface area contributed by atoms with Gasteiger partial charge in [0, 0.05) is 18.3 Å². The quantitative estimate of drug-likeness (QED) is 0.806. The van der Waals surface area contributed by atoms with Crippen LogP contribution in [0.5, 0.6) is 0 Å². The normalized spacial score (nSPS) is 17.6. The van der Waals surface area contributed by atoms with Crippen LogP contribution < -0.4 is 11.1 Å². The highest BCUT2D eigenvalue weighted by molar-refractivity contribution is 5.79. The van der Waals surface area contributed by atoms with Crippen LogP contribution in [-0.4, -0.2) is 36.5 Å². The van der Waals surface area contributed by atoms with Crippen LogP contribution in [0, 0.1) is 0 Å². The number of nitrogens with zero attached hydrogens (tertiary/aromatic N) is 1. The number of benzene rings is 1.